The van der Waals surface area contributed by atoms with Gasteiger partial charge < -0.3 is 25.0 Å². The van der Waals surface area contributed by atoms with Gasteiger partial charge in [-0.05, 0) is 37.3 Å². The highest BCUT2D eigenvalue weighted by Crippen LogP contribution is 2.34. The minimum Gasteiger partial charge on any atom is -0.493 e. The van der Waals surface area contributed by atoms with Crippen molar-refractivity contribution in [2.45, 2.75) is 77.6 Å². The van der Waals surface area contributed by atoms with Crippen LogP contribution in [0.1, 0.15) is 64.4 Å². The van der Waals surface area contributed by atoms with Gasteiger partial charge >= 0.3 is 0 Å². The third-order valence-electron chi connectivity index (χ3n) is 6.30. The van der Waals surface area contributed by atoms with E-state index in [2.05, 4.69) is 4.99 Å². The van der Waals surface area contributed by atoms with E-state index in [-0.39, 0.29) is 11.9 Å². The number of guanidine groups is 1. The molecule has 0 aromatic heterocycles. The molecule has 1 saturated carbocycles. The smallest absolute Gasteiger partial charge is 0.222 e. The molecule has 3 rings (SSSR count). The van der Waals surface area contributed by atoms with Crippen LogP contribution in [-0.4, -0.2) is 60.5 Å². The van der Waals surface area contributed by atoms with E-state index in [1.165, 1.54) is 19.3 Å². The van der Waals surface area contributed by atoms with Crippen molar-refractivity contribution in [1.29, 1.82) is 0 Å². The van der Waals surface area contributed by atoms with Gasteiger partial charge in [0.05, 0.1) is 25.4 Å². The number of hydrogen-bond donors (Lipinski definition) is 1. The van der Waals surface area contributed by atoms with Gasteiger partial charge in [0.25, 0.3) is 0 Å². The Balaban J connectivity index is 1.56. The number of fused-ring (bicyclic) bond motifs is 1. The lowest BCUT2D eigenvalue weighted by atomic mass is 9.94. The van der Waals surface area contributed by atoms with Crippen molar-refractivity contribution in [2.75, 3.05) is 20.3 Å². The zero-order valence-corrected chi connectivity index (χ0v) is 20.2. The Kier molecular flexibility index (Phi) is 9.11. The molecule has 0 saturated heterocycles. The number of aldehydes is 1. The molecule has 0 bridgehead atoms. The van der Waals surface area contributed by atoms with Gasteiger partial charge in [-0.25, -0.2) is 4.99 Å². The van der Waals surface area contributed by atoms with Gasteiger partial charge in [0, 0.05) is 25.1 Å². The Bertz CT molecular complexity index is 836. The number of carbonyl (C=O) groups excluding carboxylic acids is 2. The highest BCUT2D eigenvalue weighted by molar-refractivity contribution is 5.86. The van der Waals surface area contributed by atoms with E-state index in [1.807, 2.05) is 44.0 Å². The van der Waals surface area contributed by atoms with Crippen LogP contribution in [0.4, 0.5) is 5.69 Å². The van der Waals surface area contributed by atoms with Gasteiger partial charge in [-0.1, -0.05) is 39.2 Å². The summed E-state index contributed by atoms with van der Waals surface area (Å²) in [6.45, 7) is 5.29. The first kappa shape index (κ1) is 25.0. The summed E-state index contributed by atoms with van der Waals surface area (Å²) < 4.78 is 11.8. The molecule has 1 heterocycles. The molecule has 182 valence electrons. The Morgan fingerprint density at radius 3 is 2.76 bits per heavy atom. The second kappa shape index (κ2) is 12.0. The van der Waals surface area contributed by atoms with E-state index in [1.54, 1.807) is 4.90 Å². The first-order valence-corrected chi connectivity index (χ1v) is 12.1. The van der Waals surface area contributed by atoms with Gasteiger partial charge in [-0.2, -0.15) is 0 Å². The SMILES string of the molecule is CC(C)COC(C=O)N1Cc2c(cccc2OCCCC(=O)N(C)C2CCCCC2)N=C1N. The quantitative estimate of drug-likeness (QED) is 0.402. The summed E-state index contributed by atoms with van der Waals surface area (Å²) in [6.07, 6.45) is 6.97. The van der Waals surface area contributed by atoms with Gasteiger partial charge in [-0.15, -0.1) is 0 Å². The number of hydrogen-bond acceptors (Lipinski definition) is 7. The molecule has 0 radical (unpaired) electrons. The van der Waals surface area contributed by atoms with Gasteiger partial charge in [-0.3, -0.25) is 9.59 Å². The molecule has 1 fully saturated rings. The van der Waals surface area contributed by atoms with E-state index in [0.29, 0.717) is 50.3 Å². The average Bonchev–Trinajstić information content (AvgIpc) is 2.82. The fourth-order valence-electron chi connectivity index (χ4n) is 4.36. The van der Waals surface area contributed by atoms with Gasteiger partial charge in [0.1, 0.15) is 5.75 Å². The summed E-state index contributed by atoms with van der Waals surface area (Å²) in [5.41, 5.74) is 7.71. The topological polar surface area (TPSA) is 97.5 Å². The van der Waals surface area contributed by atoms with E-state index in [4.69, 9.17) is 15.2 Å². The van der Waals surface area contributed by atoms with Gasteiger partial charge in [0.2, 0.25) is 5.91 Å². The molecule has 8 nitrogen and oxygen atoms in total. The van der Waals surface area contributed by atoms with Crippen LogP contribution in [0.25, 0.3) is 0 Å². The minimum atomic E-state index is -0.801. The summed E-state index contributed by atoms with van der Waals surface area (Å²) in [7, 11) is 1.93. The maximum atomic E-state index is 12.6. The molecule has 8 heteroatoms. The number of amides is 1. The Morgan fingerprint density at radius 1 is 1.30 bits per heavy atom. The number of ether oxygens (including phenoxy) is 2. The van der Waals surface area contributed by atoms with Crippen LogP contribution in [0.2, 0.25) is 0 Å². The zero-order valence-electron chi connectivity index (χ0n) is 20.2. The fourth-order valence-corrected chi connectivity index (χ4v) is 4.36. The molecular formula is C25H38N4O4. The summed E-state index contributed by atoms with van der Waals surface area (Å²) in [5, 5.41) is 0. The number of carbonyl (C=O) groups is 2. The Labute approximate surface area is 197 Å². The lowest BCUT2D eigenvalue weighted by Crippen LogP contribution is -2.48. The highest BCUT2D eigenvalue weighted by Gasteiger charge is 2.28. The van der Waals surface area contributed by atoms with Crippen molar-refractivity contribution in [3.8, 4) is 5.75 Å². The summed E-state index contributed by atoms with van der Waals surface area (Å²) >= 11 is 0. The fraction of sp³-hybridized carbons (Fsp3) is 0.640. The van der Waals surface area contributed by atoms with Crippen LogP contribution in [0.15, 0.2) is 23.2 Å². The van der Waals surface area contributed by atoms with E-state index < -0.39 is 6.23 Å². The van der Waals surface area contributed by atoms with Crippen LogP contribution < -0.4 is 10.5 Å². The maximum absolute atomic E-state index is 12.6. The molecule has 1 aromatic rings. The molecule has 1 unspecified atom stereocenters. The number of nitrogens with zero attached hydrogens (tertiary/aromatic N) is 3. The first-order valence-electron chi connectivity index (χ1n) is 12.1. The Hall–Kier alpha value is -2.61. The predicted octanol–water partition coefficient (Wildman–Crippen LogP) is 3.60. The maximum Gasteiger partial charge on any atom is 0.222 e. The second-order valence-electron chi connectivity index (χ2n) is 9.35. The molecule has 33 heavy (non-hydrogen) atoms. The number of nitrogens with two attached hydrogens (primary N) is 1. The zero-order chi connectivity index (χ0) is 23.8. The second-order valence-corrected chi connectivity index (χ2v) is 9.35. The van der Waals surface area contributed by atoms with Crippen molar-refractivity contribution in [3.05, 3.63) is 23.8 Å². The van der Waals surface area contributed by atoms with Crippen molar-refractivity contribution in [2.24, 2.45) is 16.6 Å². The molecule has 1 aliphatic carbocycles. The highest BCUT2D eigenvalue weighted by atomic mass is 16.5. The monoisotopic (exact) mass is 458 g/mol. The summed E-state index contributed by atoms with van der Waals surface area (Å²) in [4.78, 5) is 32.3. The van der Waals surface area contributed by atoms with E-state index >= 15 is 0 Å². The van der Waals surface area contributed by atoms with Crippen molar-refractivity contribution in [3.63, 3.8) is 0 Å². The van der Waals surface area contributed by atoms with Crippen molar-refractivity contribution >= 4 is 23.8 Å². The average molecular weight is 459 g/mol. The van der Waals surface area contributed by atoms with Crippen LogP contribution in [0.5, 0.6) is 5.75 Å². The van der Waals surface area contributed by atoms with Crippen LogP contribution >= 0.6 is 0 Å². The summed E-state index contributed by atoms with van der Waals surface area (Å²) in [5.74, 6) is 1.41. The van der Waals surface area contributed by atoms with Gasteiger partial charge in [0.15, 0.2) is 18.5 Å². The molecule has 1 aromatic carbocycles. The molecule has 2 N–H and O–H groups in total. The third kappa shape index (κ3) is 6.69. The molecular weight excluding hydrogens is 420 g/mol. The third-order valence-corrected chi connectivity index (χ3v) is 6.30. The number of rotatable bonds is 11. The molecule has 1 atom stereocenters. The Morgan fingerprint density at radius 2 is 2.06 bits per heavy atom. The molecule has 2 aliphatic rings. The number of benzene rings is 1. The summed E-state index contributed by atoms with van der Waals surface area (Å²) in [6, 6.07) is 6.01. The molecule has 1 amide bonds. The standard InChI is InChI=1S/C25H38N4O4/c1-18(2)17-33-24(16-30)29-15-20-21(27-25(29)26)11-7-12-22(20)32-14-8-13-23(31)28(3)19-9-5-4-6-10-19/h7,11-12,16,18-19,24H,4-6,8-10,13-15,17H2,1-3H3,(H2,26,27). The van der Waals surface area contributed by atoms with Crippen molar-refractivity contribution < 1.29 is 19.1 Å². The lowest BCUT2D eigenvalue weighted by Gasteiger charge is -2.33. The van der Waals surface area contributed by atoms with Crippen molar-refractivity contribution in [1.82, 2.24) is 9.80 Å². The molecule has 0 spiro atoms. The van der Waals surface area contributed by atoms with Crippen LogP contribution in [0, 0.1) is 5.92 Å². The lowest BCUT2D eigenvalue weighted by molar-refractivity contribution is -0.132. The van der Waals surface area contributed by atoms with Crippen LogP contribution in [-0.2, 0) is 20.9 Å². The van der Waals surface area contributed by atoms with E-state index in [9.17, 15) is 9.59 Å². The minimum absolute atomic E-state index is 0.181. The normalized spacial score (nSPS) is 17.3. The molecule has 1 aliphatic heterocycles. The first-order chi connectivity index (χ1) is 15.9. The van der Waals surface area contributed by atoms with Crippen LogP contribution in [0.3, 0.4) is 0 Å². The van der Waals surface area contributed by atoms with E-state index in [0.717, 1.165) is 30.4 Å². The number of aliphatic imine (C=N–C) groups is 1. The largest absolute Gasteiger partial charge is 0.493 e. The predicted molar refractivity (Wildman–Crippen MR) is 128 cm³/mol.